The summed E-state index contributed by atoms with van der Waals surface area (Å²) in [7, 11) is 0. The van der Waals surface area contributed by atoms with Gasteiger partial charge < -0.3 is 0 Å². The van der Waals surface area contributed by atoms with Gasteiger partial charge in [-0.25, -0.2) is 5.84 Å². The third kappa shape index (κ3) is 4.21. The van der Waals surface area contributed by atoms with E-state index < -0.39 is 18.6 Å². The highest BCUT2D eigenvalue weighted by molar-refractivity contribution is 5.93. The number of nitrogens with zero attached hydrogens (tertiary/aromatic N) is 1. The first-order valence-corrected chi connectivity index (χ1v) is 6.30. The van der Waals surface area contributed by atoms with E-state index >= 15 is 0 Å². The quantitative estimate of drug-likeness (QED) is 0.493. The van der Waals surface area contributed by atoms with E-state index in [1.807, 2.05) is 5.43 Å². The predicted octanol–water partition coefficient (Wildman–Crippen LogP) is 1.82. The van der Waals surface area contributed by atoms with Crippen molar-refractivity contribution in [1.82, 2.24) is 10.3 Å². The summed E-state index contributed by atoms with van der Waals surface area (Å²) in [5.74, 6) is 4.58. The molecular formula is C13H16F3N3O. The minimum atomic E-state index is -4.19. The van der Waals surface area contributed by atoms with Gasteiger partial charge in [-0.2, -0.15) is 13.2 Å². The molecule has 0 atom stereocenters. The molecule has 0 radical (unpaired) electrons. The van der Waals surface area contributed by atoms with Crippen molar-refractivity contribution in [3.8, 4) is 0 Å². The zero-order valence-corrected chi connectivity index (χ0v) is 10.8. The smallest absolute Gasteiger partial charge is 0.290 e. The van der Waals surface area contributed by atoms with Crippen molar-refractivity contribution in [2.24, 2.45) is 5.84 Å². The topological polar surface area (TPSA) is 58.4 Å². The van der Waals surface area contributed by atoms with Crippen LogP contribution < -0.4 is 11.3 Å². The molecule has 0 aromatic heterocycles. The number of nitrogen functional groups attached to an aromatic ring is 1. The van der Waals surface area contributed by atoms with E-state index in [-0.39, 0.29) is 12.6 Å². The number of carbonyl (C=O) groups is 1. The summed E-state index contributed by atoms with van der Waals surface area (Å²) in [5.41, 5.74) is 3.13. The Hall–Kier alpha value is -1.60. The van der Waals surface area contributed by atoms with Gasteiger partial charge in [-0.3, -0.25) is 15.1 Å². The Morgan fingerprint density at radius 3 is 2.35 bits per heavy atom. The molecule has 1 aliphatic carbocycles. The van der Waals surface area contributed by atoms with Crippen molar-refractivity contribution in [2.45, 2.75) is 31.6 Å². The summed E-state index contributed by atoms with van der Waals surface area (Å²) < 4.78 is 37.5. The number of hydrazine groups is 1. The lowest BCUT2D eigenvalue weighted by Crippen LogP contribution is -2.35. The highest BCUT2D eigenvalue weighted by Crippen LogP contribution is 2.31. The van der Waals surface area contributed by atoms with Crippen LogP contribution in [-0.4, -0.2) is 29.6 Å². The lowest BCUT2D eigenvalue weighted by atomic mass is 10.1. The monoisotopic (exact) mass is 287 g/mol. The van der Waals surface area contributed by atoms with E-state index in [1.54, 1.807) is 24.3 Å². The van der Waals surface area contributed by atoms with Gasteiger partial charge in [0.05, 0.1) is 6.54 Å². The molecule has 1 aliphatic rings. The van der Waals surface area contributed by atoms with Crippen molar-refractivity contribution >= 4 is 5.91 Å². The molecule has 4 nitrogen and oxygen atoms in total. The van der Waals surface area contributed by atoms with Gasteiger partial charge >= 0.3 is 6.18 Å². The first-order chi connectivity index (χ1) is 9.39. The Kier molecular flexibility index (Phi) is 4.29. The highest BCUT2D eigenvalue weighted by Gasteiger charge is 2.37. The maximum Gasteiger partial charge on any atom is 0.401 e. The van der Waals surface area contributed by atoms with Crippen molar-refractivity contribution in [3.63, 3.8) is 0 Å². The number of alkyl halides is 3. The Bertz CT molecular complexity index is 469. The average Bonchev–Trinajstić information content (AvgIpc) is 3.20. The molecule has 1 aromatic carbocycles. The number of benzene rings is 1. The van der Waals surface area contributed by atoms with Gasteiger partial charge in [0.2, 0.25) is 0 Å². The lowest BCUT2D eigenvalue weighted by Gasteiger charge is -2.23. The van der Waals surface area contributed by atoms with Gasteiger partial charge in [0.15, 0.2) is 0 Å². The minimum Gasteiger partial charge on any atom is -0.290 e. The summed E-state index contributed by atoms with van der Waals surface area (Å²) in [5, 5.41) is 0. The Balaban J connectivity index is 2.01. The molecule has 1 aromatic rings. The Morgan fingerprint density at radius 2 is 1.90 bits per heavy atom. The molecule has 110 valence electrons. The summed E-state index contributed by atoms with van der Waals surface area (Å²) in [6.45, 7) is -0.669. The van der Waals surface area contributed by atoms with Crippen LogP contribution in [0.2, 0.25) is 0 Å². The first-order valence-electron chi connectivity index (χ1n) is 6.30. The van der Waals surface area contributed by atoms with Crippen molar-refractivity contribution in [3.05, 3.63) is 35.4 Å². The highest BCUT2D eigenvalue weighted by atomic mass is 19.4. The zero-order valence-electron chi connectivity index (χ0n) is 10.8. The van der Waals surface area contributed by atoms with Crippen LogP contribution in [0.4, 0.5) is 13.2 Å². The molecule has 1 saturated carbocycles. The number of nitrogens with one attached hydrogen (secondary N) is 1. The SMILES string of the molecule is NNC(=O)c1ccc(CN(CC(F)(F)F)C2CC2)cc1. The van der Waals surface area contributed by atoms with E-state index in [0.29, 0.717) is 5.56 Å². The van der Waals surface area contributed by atoms with Crippen LogP contribution in [0.15, 0.2) is 24.3 Å². The fourth-order valence-corrected chi connectivity index (χ4v) is 2.06. The molecule has 0 heterocycles. The largest absolute Gasteiger partial charge is 0.401 e. The van der Waals surface area contributed by atoms with Crippen LogP contribution in [0.1, 0.15) is 28.8 Å². The molecule has 1 amide bonds. The van der Waals surface area contributed by atoms with Crippen LogP contribution >= 0.6 is 0 Å². The van der Waals surface area contributed by atoms with E-state index in [2.05, 4.69) is 0 Å². The first kappa shape index (κ1) is 14.8. The molecule has 7 heteroatoms. The van der Waals surface area contributed by atoms with Crippen LogP contribution in [-0.2, 0) is 6.54 Å². The summed E-state index contributed by atoms with van der Waals surface area (Å²) in [6.07, 6.45) is -2.57. The van der Waals surface area contributed by atoms with Gasteiger partial charge in [-0.1, -0.05) is 12.1 Å². The standard InChI is InChI=1S/C13H16F3N3O/c14-13(15,16)8-19(11-5-6-11)7-9-1-3-10(4-2-9)12(20)18-17/h1-4,11H,5-8,17H2,(H,18,20). The zero-order chi connectivity index (χ0) is 14.8. The van der Waals surface area contributed by atoms with Crippen molar-refractivity contribution in [2.75, 3.05) is 6.54 Å². The predicted molar refractivity (Wildman–Crippen MR) is 67.6 cm³/mol. The molecule has 1 fully saturated rings. The number of nitrogens with two attached hydrogens (primary N) is 1. The molecule has 0 bridgehead atoms. The number of hydrogen-bond donors (Lipinski definition) is 2. The number of hydrogen-bond acceptors (Lipinski definition) is 3. The second-order valence-electron chi connectivity index (χ2n) is 4.92. The van der Waals surface area contributed by atoms with Crippen molar-refractivity contribution in [1.29, 1.82) is 0 Å². The van der Waals surface area contributed by atoms with Gasteiger partial charge in [-0.05, 0) is 30.5 Å². The third-order valence-electron chi connectivity index (χ3n) is 3.18. The second-order valence-corrected chi connectivity index (χ2v) is 4.92. The van der Waals surface area contributed by atoms with Crippen molar-refractivity contribution < 1.29 is 18.0 Å². The third-order valence-corrected chi connectivity index (χ3v) is 3.18. The van der Waals surface area contributed by atoms with Gasteiger partial charge in [0, 0.05) is 18.2 Å². The van der Waals surface area contributed by atoms with Gasteiger partial charge in [0.1, 0.15) is 0 Å². The summed E-state index contributed by atoms with van der Waals surface area (Å²) >= 11 is 0. The second kappa shape index (κ2) is 5.80. The average molecular weight is 287 g/mol. The molecule has 0 unspecified atom stereocenters. The number of halogens is 3. The molecule has 2 rings (SSSR count). The van der Waals surface area contributed by atoms with Crippen LogP contribution in [0.3, 0.4) is 0 Å². The Labute approximate surface area is 114 Å². The minimum absolute atomic E-state index is 0.0173. The summed E-state index contributed by atoms with van der Waals surface area (Å²) in [6, 6.07) is 6.42. The van der Waals surface area contributed by atoms with E-state index in [4.69, 9.17) is 5.84 Å². The normalized spacial score (nSPS) is 15.4. The Morgan fingerprint density at radius 1 is 1.30 bits per heavy atom. The molecule has 0 saturated heterocycles. The van der Waals surface area contributed by atoms with E-state index in [0.717, 1.165) is 18.4 Å². The number of carbonyl (C=O) groups excluding carboxylic acids is 1. The lowest BCUT2D eigenvalue weighted by molar-refractivity contribution is -0.148. The molecular weight excluding hydrogens is 271 g/mol. The molecule has 0 aliphatic heterocycles. The maximum atomic E-state index is 12.5. The fraction of sp³-hybridized carbons (Fsp3) is 0.462. The molecule has 3 N–H and O–H groups in total. The fourth-order valence-electron chi connectivity index (χ4n) is 2.06. The van der Waals surface area contributed by atoms with E-state index in [1.165, 1.54) is 4.90 Å². The van der Waals surface area contributed by atoms with Gasteiger partial charge in [0.25, 0.3) is 5.91 Å². The number of rotatable bonds is 5. The maximum absolute atomic E-state index is 12.5. The van der Waals surface area contributed by atoms with Gasteiger partial charge in [-0.15, -0.1) is 0 Å². The number of amides is 1. The molecule has 0 spiro atoms. The van der Waals surface area contributed by atoms with Crippen LogP contribution in [0, 0.1) is 0 Å². The molecule has 20 heavy (non-hydrogen) atoms. The summed E-state index contributed by atoms with van der Waals surface area (Å²) in [4.78, 5) is 12.7. The van der Waals surface area contributed by atoms with Crippen LogP contribution in [0.5, 0.6) is 0 Å². The van der Waals surface area contributed by atoms with E-state index in [9.17, 15) is 18.0 Å². The van der Waals surface area contributed by atoms with Crippen LogP contribution in [0.25, 0.3) is 0 Å².